The monoisotopic (exact) mass is 244 g/mol. The largest absolute Gasteiger partial charge is 0.295 e. The van der Waals surface area contributed by atoms with E-state index in [-0.39, 0.29) is 0 Å². The van der Waals surface area contributed by atoms with E-state index in [0.29, 0.717) is 10.8 Å². The molecule has 1 aliphatic heterocycles. The topological polar surface area (TPSA) is 16.1 Å². The summed E-state index contributed by atoms with van der Waals surface area (Å²) >= 11 is 0. The van der Waals surface area contributed by atoms with Crippen LogP contribution in [-0.4, -0.2) is 22.5 Å². The SMILES string of the molecule is CC1(C)C[C@@H]2C[C@@](C)(CN2Cc2cccnc2)C1. The zero-order chi connectivity index (χ0) is 12.8. The van der Waals surface area contributed by atoms with Crippen LogP contribution in [0, 0.1) is 10.8 Å². The highest BCUT2D eigenvalue weighted by Crippen LogP contribution is 2.52. The number of pyridine rings is 1. The van der Waals surface area contributed by atoms with Gasteiger partial charge in [0.2, 0.25) is 0 Å². The average molecular weight is 244 g/mol. The van der Waals surface area contributed by atoms with E-state index in [4.69, 9.17) is 0 Å². The Morgan fingerprint density at radius 2 is 2.17 bits per heavy atom. The summed E-state index contributed by atoms with van der Waals surface area (Å²) in [6, 6.07) is 5.02. The third kappa shape index (κ3) is 2.31. The predicted molar refractivity (Wildman–Crippen MR) is 74.2 cm³/mol. The fourth-order valence-electron chi connectivity index (χ4n) is 4.49. The van der Waals surface area contributed by atoms with Crippen LogP contribution >= 0.6 is 0 Å². The van der Waals surface area contributed by atoms with Crippen molar-refractivity contribution in [1.29, 1.82) is 0 Å². The summed E-state index contributed by atoms with van der Waals surface area (Å²) in [5, 5.41) is 0. The van der Waals surface area contributed by atoms with Gasteiger partial charge >= 0.3 is 0 Å². The number of fused-ring (bicyclic) bond motifs is 2. The molecule has 2 fully saturated rings. The summed E-state index contributed by atoms with van der Waals surface area (Å²) in [6.07, 6.45) is 7.98. The number of rotatable bonds is 2. The molecular formula is C16H24N2. The van der Waals surface area contributed by atoms with Gasteiger partial charge in [-0.05, 0) is 41.7 Å². The van der Waals surface area contributed by atoms with Crippen LogP contribution in [0.25, 0.3) is 0 Å². The Morgan fingerprint density at radius 1 is 1.33 bits per heavy atom. The standard InChI is InChI=1S/C16H24N2/c1-15(2)7-14-8-16(3,11-15)12-18(14)10-13-5-4-6-17-9-13/h4-6,9,14H,7-8,10-12H2,1-3H3/t14-,16-/m1/s1. The third-order valence-corrected chi connectivity index (χ3v) is 4.63. The van der Waals surface area contributed by atoms with E-state index in [2.05, 4.69) is 36.7 Å². The van der Waals surface area contributed by atoms with E-state index in [0.717, 1.165) is 12.6 Å². The van der Waals surface area contributed by atoms with Crippen LogP contribution in [0.15, 0.2) is 24.5 Å². The number of hydrogen-bond acceptors (Lipinski definition) is 2. The maximum atomic E-state index is 4.23. The Bertz CT molecular complexity index is 426. The second-order valence-electron chi connectivity index (χ2n) is 7.48. The lowest BCUT2D eigenvalue weighted by Gasteiger charge is -2.39. The molecule has 0 unspecified atom stereocenters. The molecule has 2 nitrogen and oxygen atoms in total. The molecule has 2 atom stereocenters. The molecule has 1 saturated carbocycles. The van der Waals surface area contributed by atoms with Crippen molar-refractivity contribution in [2.24, 2.45) is 10.8 Å². The van der Waals surface area contributed by atoms with Gasteiger partial charge < -0.3 is 0 Å². The van der Waals surface area contributed by atoms with Crippen LogP contribution in [0.1, 0.15) is 45.6 Å². The van der Waals surface area contributed by atoms with Crippen LogP contribution in [0.4, 0.5) is 0 Å². The molecule has 1 aliphatic carbocycles. The fraction of sp³-hybridized carbons (Fsp3) is 0.688. The molecule has 0 aromatic carbocycles. The minimum Gasteiger partial charge on any atom is -0.295 e. The minimum absolute atomic E-state index is 0.515. The first-order valence-electron chi connectivity index (χ1n) is 7.09. The summed E-state index contributed by atoms with van der Waals surface area (Å²) < 4.78 is 0. The lowest BCUT2D eigenvalue weighted by atomic mass is 9.65. The van der Waals surface area contributed by atoms with Crippen molar-refractivity contribution >= 4 is 0 Å². The van der Waals surface area contributed by atoms with Gasteiger partial charge in [0, 0.05) is 31.5 Å². The predicted octanol–water partition coefficient (Wildman–Crippen LogP) is 3.48. The smallest absolute Gasteiger partial charge is 0.0312 e. The van der Waals surface area contributed by atoms with Crippen molar-refractivity contribution in [2.75, 3.05) is 6.54 Å². The van der Waals surface area contributed by atoms with Crippen molar-refractivity contribution in [3.05, 3.63) is 30.1 Å². The van der Waals surface area contributed by atoms with E-state index in [1.807, 2.05) is 18.5 Å². The molecule has 2 bridgehead atoms. The van der Waals surface area contributed by atoms with Gasteiger partial charge in [-0.2, -0.15) is 0 Å². The quantitative estimate of drug-likeness (QED) is 0.791. The van der Waals surface area contributed by atoms with E-state index in [1.165, 1.54) is 31.4 Å². The van der Waals surface area contributed by atoms with Crippen molar-refractivity contribution in [3.63, 3.8) is 0 Å². The first kappa shape index (κ1) is 12.2. The molecule has 2 heteroatoms. The average Bonchev–Trinajstić information content (AvgIpc) is 2.49. The highest BCUT2D eigenvalue weighted by molar-refractivity contribution is 5.11. The molecule has 18 heavy (non-hydrogen) atoms. The van der Waals surface area contributed by atoms with Crippen LogP contribution < -0.4 is 0 Å². The van der Waals surface area contributed by atoms with Crippen LogP contribution in [0.5, 0.6) is 0 Å². The summed E-state index contributed by atoms with van der Waals surface area (Å²) in [4.78, 5) is 6.92. The van der Waals surface area contributed by atoms with Crippen LogP contribution in [-0.2, 0) is 6.54 Å². The highest BCUT2D eigenvalue weighted by atomic mass is 15.2. The van der Waals surface area contributed by atoms with Gasteiger partial charge in [0.1, 0.15) is 0 Å². The van der Waals surface area contributed by atoms with Crippen molar-refractivity contribution < 1.29 is 0 Å². The molecule has 2 heterocycles. The van der Waals surface area contributed by atoms with E-state index >= 15 is 0 Å². The molecule has 98 valence electrons. The van der Waals surface area contributed by atoms with Crippen LogP contribution in [0.2, 0.25) is 0 Å². The van der Waals surface area contributed by atoms with Gasteiger partial charge in [-0.25, -0.2) is 0 Å². The minimum atomic E-state index is 0.515. The van der Waals surface area contributed by atoms with Crippen molar-refractivity contribution in [2.45, 2.75) is 52.6 Å². The van der Waals surface area contributed by atoms with Gasteiger partial charge in [-0.15, -0.1) is 0 Å². The Morgan fingerprint density at radius 3 is 2.89 bits per heavy atom. The number of nitrogens with zero attached hydrogens (tertiary/aromatic N) is 2. The zero-order valence-corrected chi connectivity index (χ0v) is 11.8. The molecule has 1 aromatic rings. The highest BCUT2D eigenvalue weighted by Gasteiger charge is 2.49. The van der Waals surface area contributed by atoms with Crippen LogP contribution in [0.3, 0.4) is 0 Å². The Labute approximate surface area is 110 Å². The molecular weight excluding hydrogens is 220 g/mol. The molecule has 0 radical (unpaired) electrons. The molecule has 0 spiro atoms. The number of aromatic nitrogens is 1. The number of likely N-dealkylation sites (tertiary alicyclic amines) is 1. The maximum absolute atomic E-state index is 4.23. The first-order valence-corrected chi connectivity index (χ1v) is 7.09. The van der Waals surface area contributed by atoms with Crippen molar-refractivity contribution in [3.8, 4) is 0 Å². The zero-order valence-electron chi connectivity index (χ0n) is 11.8. The lowest BCUT2D eigenvalue weighted by molar-refractivity contribution is 0.126. The van der Waals surface area contributed by atoms with E-state index in [9.17, 15) is 0 Å². The van der Waals surface area contributed by atoms with E-state index in [1.54, 1.807) is 0 Å². The Balaban J connectivity index is 1.76. The molecule has 3 rings (SSSR count). The summed E-state index contributed by atoms with van der Waals surface area (Å²) in [7, 11) is 0. The van der Waals surface area contributed by atoms with Gasteiger partial charge in [0.25, 0.3) is 0 Å². The second-order valence-corrected chi connectivity index (χ2v) is 7.48. The molecule has 1 saturated heterocycles. The summed E-state index contributed by atoms with van der Waals surface area (Å²) in [6.45, 7) is 9.68. The normalized spacial score (nSPS) is 34.7. The van der Waals surface area contributed by atoms with Gasteiger partial charge in [-0.3, -0.25) is 9.88 Å². The van der Waals surface area contributed by atoms with E-state index < -0.39 is 0 Å². The molecule has 2 aliphatic rings. The summed E-state index contributed by atoms with van der Waals surface area (Å²) in [5.41, 5.74) is 2.40. The molecule has 0 amide bonds. The fourth-order valence-corrected chi connectivity index (χ4v) is 4.49. The maximum Gasteiger partial charge on any atom is 0.0312 e. The Hall–Kier alpha value is -0.890. The van der Waals surface area contributed by atoms with Gasteiger partial charge in [0.05, 0.1) is 0 Å². The Kier molecular flexibility index (Phi) is 2.74. The number of hydrogen-bond donors (Lipinski definition) is 0. The summed E-state index contributed by atoms with van der Waals surface area (Å²) in [5.74, 6) is 0. The van der Waals surface area contributed by atoms with Crippen molar-refractivity contribution in [1.82, 2.24) is 9.88 Å². The van der Waals surface area contributed by atoms with Gasteiger partial charge in [-0.1, -0.05) is 26.8 Å². The third-order valence-electron chi connectivity index (χ3n) is 4.63. The van der Waals surface area contributed by atoms with Gasteiger partial charge in [0.15, 0.2) is 0 Å². The first-order chi connectivity index (χ1) is 8.46. The molecule has 1 aromatic heterocycles. The second kappa shape index (κ2) is 4.06. The molecule has 0 N–H and O–H groups in total. The lowest BCUT2D eigenvalue weighted by Crippen LogP contribution is -2.34.